The minimum absolute atomic E-state index is 0.347. The summed E-state index contributed by atoms with van der Waals surface area (Å²) in [6.45, 7) is 4.10. The molecule has 0 radical (unpaired) electrons. The molecule has 0 amide bonds. The molecule has 4 heteroatoms. The van der Waals surface area contributed by atoms with Crippen LogP contribution in [0.15, 0.2) is 6.33 Å². The first kappa shape index (κ1) is 9.19. The Morgan fingerprint density at radius 3 is 2.75 bits per heavy atom. The standard InChI is InChI=1S/C8H16N4/c1-4-5-8(2,9)7-10-6-11-12(7)3/h6H,4-5,9H2,1-3H3. The molecular formula is C8H16N4. The van der Waals surface area contributed by atoms with Crippen LogP contribution in [0, 0.1) is 0 Å². The zero-order valence-electron chi connectivity index (χ0n) is 7.91. The third-order valence-corrected chi connectivity index (χ3v) is 1.99. The van der Waals surface area contributed by atoms with E-state index >= 15 is 0 Å². The van der Waals surface area contributed by atoms with Gasteiger partial charge < -0.3 is 5.73 Å². The van der Waals surface area contributed by atoms with E-state index in [2.05, 4.69) is 17.0 Å². The summed E-state index contributed by atoms with van der Waals surface area (Å²) in [6.07, 6.45) is 3.52. The van der Waals surface area contributed by atoms with Crippen molar-refractivity contribution in [2.45, 2.75) is 32.2 Å². The predicted octanol–water partition coefficient (Wildman–Crippen LogP) is 0.789. The number of nitrogens with zero attached hydrogens (tertiary/aromatic N) is 3. The third kappa shape index (κ3) is 1.64. The molecule has 1 aromatic rings. The lowest BCUT2D eigenvalue weighted by Crippen LogP contribution is -2.35. The summed E-state index contributed by atoms with van der Waals surface area (Å²) in [6, 6.07) is 0. The molecule has 1 rings (SSSR count). The van der Waals surface area contributed by atoms with Crippen molar-refractivity contribution in [3.8, 4) is 0 Å². The highest BCUT2D eigenvalue weighted by Crippen LogP contribution is 2.19. The Morgan fingerprint density at radius 2 is 2.33 bits per heavy atom. The van der Waals surface area contributed by atoms with Gasteiger partial charge in [0.25, 0.3) is 0 Å². The average Bonchev–Trinajstić information content (AvgIpc) is 2.35. The highest BCUT2D eigenvalue weighted by Gasteiger charge is 2.24. The zero-order valence-corrected chi connectivity index (χ0v) is 7.91. The lowest BCUT2D eigenvalue weighted by atomic mass is 9.97. The molecule has 1 heterocycles. The minimum atomic E-state index is -0.347. The van der Waals surface area contributed by atoms with Crippen molar-refractivity contribution in [3.63, 3.8) is 0 Å². The summed E-state index contributed by atoms with van der Waals surface area (Å²) in [5.74, 6) is 0.851. The molecule has 12 heavy (non-hydrogen) atoms. The van der Waals surface area contributed by atoms with Crippen LogP contribution in [0.5, 0.6) is 0 Å². The Morgan fingerprint density at radius 1 is 1.67 bits per heavy atom. The maximum Gasteiger partial charge on any atom is 0.146 e. The van der Waals surface area contributed by atoms with Gasteiger partial charge in [0.05, 0.1) is 5.54 Å². The van der Waals surface area contributed by atoms with E-state index < -0.39 is 0 Å². The SMILES string of the molecule is CCCC(C)(N)c1ncnn1C. The number of aromatic nitrogens is 3. The van der Waals surface area contributed by atoms with Crippen molar-refractivity contribution in [2.75, 3.05) is 0 Å². The van der Waals surface area contributed by atoms with Gasteiger partial charge in [0.1, 0.15) is 12.2 Å². The number of nitrogens with two attached hydrogens (primary N) is 1. The van der Waals surface area contributed by atoms with Gasteiger partial charge in [-0.05, 0) is 13.3 Å². The summed E-state index contributed by atoms with van der Waals surface area (Å²) in [5.41, 5.74) is 5.72. The van der Waals surface area contributed by atoms with Gasteiger partial charge in [-0.15, -0.1) is 0 Å². The molecule has 0 saturated heterocycles. The smallest absolute Gasteiger partial charge is 0.146 e. The fourth-order valence-corrected chi connectivity index (χ4v) is 1.44. The van der Waals surface area contributed by atoms with Crippen molar-refractivity contribution in [1.29, 1.82) is 0 Å². The summed E-state index contributed by atoms with van der Waals surface area (Å²) >= 11 is 0. The van der Waals surface area contributed by atoms with Gasteiger partial charge in [-0.2, -0.15) is 5.10 Å². The number of aryl methyl sites for hydroxylation is 1. The van der Waals surface area contributed by atoms with E-state index in [-0.39, 0.29) is 5.54 Å². The lowest BCUT2D eigenvalue weighted by Gasteiger charge is -2.22. The van der Waals surface area contributed by atoms with E-state index in [0.29, 0.717) is 0 Å². The van der Waals surface area contributed by atoms with Crippen molar-refractivity contribution < 1.29 is 0 Å². The highest BCUT2D eigenvalue weighted by atomic mass is 15.3. The van der Waals surface area contributed by atoms with E-state index in [4.69, 9.17) is 5.73 Å². The Bertz CT molecular complexity index is 251. The second kappa shape index (κ2) is 3.23. The van der Waals surface area contributed by atoms with Crippen molar-refractivity contribution in [2.24, 2.45) is 12.8 Å². The predicted molar refractivity (Wildman–Crippen MR) is 47.5 cm³/mol. The molecule has 1 atom stereocenters. The Hall–Kier alpha value is -0.900. The Kier molecular flexibility index (Phi) is 2.47. The van der Waals surface area contributed by atoms with E-state index in [1.54, 1.807) is 4.68 Å². The normalized spacial score (nSPS) is 16.0. The Balaban J connectivity index is 2.88. The lowest BCUT2D eigenvalue weighted by molar-refractivity contribution is 0.401. The topological polar surface area (TPSA) is 56.7 Å². The minimum Gasteiger partial charge on any atom is -0.319 e. The first-order valence-corrected chi connectivity index (χ1v) is 4.21. The molecule has 68 valence electrons. The van der Waals surface area contributed by atoms with E-state index in [1.807, 2.05) is 14.0 Å². The van der Waals surface area contributed by atoms with Crippen molar-refractivity contribution >= 4 is 0 Å². The largest absolute Gasteiger partial charge is 0.319 e. The molecule has 0 saturated carbocycles. The molecule has 0 aliphatic rings. The molecular weight excluding hydrogens is 152 g/mol. The molecule has 4 nitrogen and oxygen atoms in total. The van der Waals surface area contributed by atoms with Crippen molar-refractivity contribution in [3.05, 3.63) is 12.2 Å². The first-order chi connectivity index (χ1) is 5.58. The molecule has 1 aromatic heterocycles. The van der Waals surface area contributed by atoms with Crippen LogP contribution in [0.1, 0.15) is 32.5 Å². The van der Waals surface area contributed by atoms with Crippen LogP contribution in [-0.2, 0) is 12.6 Å². The molecule has 0 bridgehead atoms. The summed E-state index contributed by atoms with van der Waals surface area (Å²) in [5, 5.41) is 3.99. The van der Waals surface area contributed by atoms with Crippen molar-refractivity contribution in [1.82, 2.24) is 14.8 Å². The van der Waals surface area contributed by atoms with Gasteiger partial charge in [-0.25, -0.2) is 4.98 Å². The van der Waals surface area contributed by atoms with Gasteiger partial charge in [-0.1, -0.05) is 13.3 Å². The van der Waals surface area contributed by atoms with Crippen LogP contribution in [0.25, 0.3) is 0 Å². The van der Waals surface area contributed by atoms with Crippen LogP contribution in [0.2, 0.25) is 0 Å². The van der Waals surface area contributed by atoms with Crippen LogP contribution in [0.4, 0.5) is 0 Å². The van der Waals surface area contributed by atoms with Crippen LogP contribution in [-0.4, -0.2) is 14.8 Å². The number of hydrogen-bond donors (Lipinski definition) is 1. The maximum atomic E-state index is 6.07. The first-order valence-electron chi connectivity index (χ1n) is 4.21. The fourth-order valence-electron chi connectivity index (χ4n) is 1.44. The average molecular weight is 168 g/mol. The second-order valence-electron chi connectivity index (χ2n) is 3.37. The van der Waals surface area contributed by atoms with Crippen LogP contribution >= 0.6 is 0 Å². The summed E-state index contributed by atoms with van der Waals surface area (Å²) < 4.78 is 1.73. The molecule has 1 unspecified atom stereocenters. The highest BCUT2D eigenvalue weighted by molar-refractivity contribution is 5.01. The second-order valence-corrected chi connectivity index (χ2v) is 3.37. The van der Waals surface area contributed by atoms with E-state index in [0.717, 1.165) is 18.7 Å². The third-order valence-electron chi connectivity index (χ3n) is 1.99. The van der Waals surface area contributed by atoms with Gasteiger partial charge in [0.2, 0.25) is 0 Å². The van der Waals surface area contributed by atoms with E-state index in [1.165, 1.54) is 6.33 Å². The van der Waals surface area contributed by atoms with Gasteiger partial charge in [0, 0.05) is 7.05 Å². The van der Waals surface area contributed by atoms with Gasteiger partial charge in [-0.3, -0.25) is 4.68 Å². The van der Waals surface area contributed by atoms with Crippen LogP contribution < -0.4 is 5.73 Å². The molecule has 2 N–H and O–H groups in total. The Labute approximate surface area is 72.8 Å². The fraction of sp³-hybridized carbons (Fsp3) is 0.750. The van der Waals surface area contributed by atoms with Gasteiger partial charge >= 0.3 is 0 Å². The van der Waals surface area contributed by atoms with Crippen LogP contribution in [0.3, 0.4) is 0 Å². The maximum absolute atomic E-state index is 6.07. The number of hydrogen-bond acceptors (Lipinski definition) is 3. The quantitative estimate of drug-likeness (QED) is 0.726. The molecule has 0 aliphatic carbocycles. The number of rotatable bonds is 3. The van der Waals surface area contributed by atoms with E-state index in [9.17, 15) is 0 Å². The van der Waals surface area contributed by atoms with Gasteiger partial charge in [0.15, 0.2) is 0 Å². The molecule has 0 spiro atoms. The molecule has 0 fully saturated rings. The molecule has 0 aliphatic heterocycles. The zero-order chi connectivity index (χ0) is 9.19. The molecule has 0 aromatic carbocycles. The summed E-state index contributed by atoms with van der Waals surface area (Å²) in [7, 11) is 1.86. The summed E-state index contributed by atoms with van der Waals surface area (Å²) in [4.78, 5) is 4.13. The monoisotopic (exact) mass is 168 g/mol.